The van der Waals surface area contributed by atoms with Crippen LogP contribution in [0.2, 0.25) is 0 Å². The summed E-state index contributed by atoms with van der Waals surface area (Å²) in [5, 5.41) is 10.2. The van der Waals surface area contributed by atoms with E-state index in [2.05, 4.69) is 6.92 Å². The maximum atomic E-state index is 10.2. The van der Waals surface area contributed by atoms with Crippen molar-refractivity contribution in [1.82, 2.24) is 9.38 Å². The molecule has 3 rings (SSSR count). The van der Waals surface area contributed by atoms with Crippen LogP contribution < -0.4 is 4.74 Å². The molecule has 0 aliphatic heterocycles. The van der Waals surface area contributed by atoms with Gasteiger partial charge in [0, 0.05) is 11.8 Å². The van der Waals surface area contributed by atoms with E-state index >= 15 is 0 Å². The van der Waals surface area contributed by atoms with Crippen LogP contribution >= 0.6 is 0 Å². The van der Waals surface area contributed by atoms with E-state index < -0.39 is 6.10 Å². The van der Waals surface area contributed by atoms with Crippen LogP contribution in [-0.2, 0) is 0 Å². The lowest BCUT2D eigenvalue weighted by atomic mass is 10.1. The summed E-state index contributed by atoms with van der Waals surface area (Å²) in [7, 11) is 0. The van der Waals surface area contributed by atoms with E-state index in [1.165, 1.54) is 0 Å². The van der Waals surface area contributed by atoms with E-state index in [0.29, 0.717) is 6.61 Å². The molecule has 23 heavy (non-hydrogen) atoms. The van der Waals surface area contributed by atoms with Crippen molar-refractivity contribution in [3.63, 3.8) is 0 Å². The van der Waals surface area contributed by atoms with Crippen LogP contribution in [0.1, 0.15) is 37.6 Å². The van der Waals surface area contributed by atoms with E-state index in [-0.39, 0.29) is 0 Å². The van der Waals surface area contributed by atoms with Crippen LogP contribution in [0.25, 0.3) is 16.9 Å². The summed E-state index contributed by atoms with van der Waals surface area (Å²) in [5.41, 5.74) is 4.60. The second-order valence-corrected chi connectivity index (χ2v) is 5.83. The maximum absolute atomic E-state index is 10.2. The lowest BCUT2D eigenvalue weighted by Crippen LogP contribution is -1.99. The molecule has 4 nitrogen and oxygen atoms in total. The zero-order chi connectivity index (χ0) is 16.4. The molecule has 0 aliphatic rings. The fourth-order valence-electron chi connectivity index (χ4n) is 2.71. The third-order valence-corrected chi connectivity index (χ3v) is 3.81. The topological polar surface area (TPSA) is 46.8 Å². The van der Waals surface area contributed by atoms with Gasteiger partial charge in [-0.2, -0.15) is 0 Å². The largest absolute Gasteiger partial charge is 0.494 e. The molecule has 4 heteroatoms. The van der Waals surface area contributed by atoms with Gasteiger partial charge in [-0.25, -0.2) is 4.98 Å². The van der Waals surface area contributed by atoms with Crippen LogP contribution in [-0.4, -0.2) is 21.1 Å². The van der Waals surface area contributed by atoms with Crippen molar-refractivity contribution >= 4 is 5.65 Å². The van der Waals surface area contributed by atoms with Crippen molar-refractivity contribution in [2.24, 2.45) is 0 Å². The van der Waals surface area contributed by atoms with Crippen LogP contribution in [0, 0.1) is 6.92 Å². The summed E-state index contributed by atoms with van der Waals surface area (Å²) in [6.07, 6.45) is 2.35. The van der Waals surface area contributed by atoms with Crippen molar-refractivity contribution in [2.75, 3.05) is 6.61 Å². The van der Waals surface area contributed by atoms with E-state index in [1.54, 1.807) is 6.92 Å². The lowest BCUT2D eigenvalue weighted by molar-refractivity contribution is 0.194. The van der Waals surface area contributed by atoms with Crippen molar-refractivity contribution in [2.45, 2.75) is 33.3 Å². The predicted octanol–water partition coefficient (Wildman–Crippen LogP) is 4.15. The first-order valence-corrected chi connectivity index (χ1v) is 8.00. The smallest absolute Gasteiger partial charge is 0.138 e. The Hall–Kier alpha value is -2.33. The van der Waals surface area contributed by atoms with Gasteiger partial charge in [0.25, 0.3) is 0 Å². The molecule has 2 heterocycles. The number of hydrogen-bond acceptors (Lipinski definition) is 3. The van der Waals surface area contributed by atoms with Crippen LogP contribution in [0.3, 0.4) is 0 Å². The van der Waals surface area contributed by atoms with E-state index in [0.717, 1.165) is 40.3 Å². The van der Waals surface area contributed by atoms with Gasteiger partial charge in [0.2, 0.25) is 0 Å². The molecule has 2 aromatic heterocycles. The number of imidazole rings is 1. The molecule has 0 fully saturated rings. The number of aliphatic hydroxyl groups excluding tert-OH is 1. The number of aromatic nitrogens is 2. The summed E-state index contributed by atoms with van der Waals surface area (Å²) in [6, 6.07) is 11.9. The molecule has 0 bridgehead atoms. The Morgan fingerprint density at radius 3 is 2.61 bits per heavy atom. The minimum atomic E-state index is -0.598. The fraction of sp³-hybridized carbons (Fsp3) is 0.316. The Kier molecular flexibility index (Phi) is 4.35. The summed E-state index contributed by atoms with van der Waals surface area (Å²) >= 11 is 0. The van der Waals surface area contributed by atoms with Crippen molar-refractivity contribution in [1.29, 1.82) is 0 Å². The molecule has 0 saturated carbocycles. The van der Waals surface area contributed by atoms with Crippen molar-refractivity contribution in [3.05, 3.63) is 53.9 Å². The Balaban J connectivity index is 2.06. The number of benzene rings is 1. The van der Waals surface area contributed by atoms with E-state index in [1.807, 2.05) is 53.9 Å². The van der Waals surface area contributed by atoms with Gasteiger partial charge in [-0.3, -0.25) is 0 Å². The number of hydrogen-bond donors (Lipinski definition) is 1. The number of nitrogens with zero attached hydrogens (tertiary/aromatic N) is 2. The molecule has 1 atom stereocenters. The quantitative estimate of drug-likeness (QED) is 0.770. The number of fused-ring (bicyclic) bond motifs is 1. The van der Waals surface area contributed by atoms with Gasteiger partial charge in [-0.1, -0.05) is 6.92 Å². The van der Waals surface area contributed by atoms with E-state index in [9.17, 15) is 5.11 Å². The van der Waals surface area contributed by atoms with Gasteiger partial charge in [0.1, 0.15) is 11.4 Å². The molecule has 1 aromatic carbocycles. The van der Waals surface area contributed by atoms with Crippen LogP contribution in [0.4, 0.5) is 0 Å². The van der Waals surface area contributed by atoms with E-state index in [4.69, 9.17) is 9.72 Å². The molecule has 1 unspecified atom stereocenters. The lowest BCUT2D eigenvalue weighted by Gasteiger charge is -2.09. The summed E-state index contributed by atoms with van der Waals surface area (Å²) in [5.74, 6) is 0.855. The third kappa shape index (κ3) is 3.08. The fourth-order valence-corrected chi connectivity index (χ4v) is 2.71. The highest BCUT2D eigenvalue weighted by molar-refractivity contribution is 5.68. The average Bonchev–Trinajstić information content (AvgIpc) is 2.92. The van der Waals surface area contributed by atoms with Gasteiger partial charge in [-0.05, 0) is 62.2 Å². The van der Waals surface area contributed by atoms with Gasteiger partial charge in [0.15, 0.2) is 0 Å². The molecule has 0 radical (unpaired) electrons. The molecule has 120 valence electrons. The molecule has 0 saturated heterocycles. The number of aryl methyl sites for hydroxylation is 1. The molecule has 3 aromatic rings. The van der Waals surface area contributed by atoms with Crippen molar-refractivity contribution in [3.8, 4) is 17.0 Å². The maximum Gasteiger partial charge on any atom is 0.138 e. The first-order valence-electron chi connectivity index (χ1n) is 8.00. The molecule has 0 aliphatic carbocycles. The Labute approximate surface area is 136 Å². The summed E-state index contributed by atoms with van der Waals surface area (Å²) < 4.78 is 7.58. The molecule has 0 spiro atoms. The molecular weight excluding hydrogens is 288 g/mol. The van der Waals surface area contributed by atoms with Crippen LogP contribution in [0.15, 0.2) is 42.6 Å². The Morgan fingerprint density at radius 2 is 1.96 bits per heavy atom. The first kappa shape index (κ1) is 15.6. The Morgan fingerprint density at radius 1 is 1.22 bits per heavy atom. The zero-order valence-electron chi connectivity index (χ0n) is 13.8. The van der Waals surface area contributed by atoms with Gasteiger partial charge in [-0.15, -0.1) is 0 Å². The average molecular weight is 310 g/mol. The predicted molar refractivity (Wildman–Crippen MR) is 91.8 cm³/mol. The third-order valence-electron chi connectivity index (χ3n) is 3.81. The Bertz CT molecular complexity index is 804. The van der Waals surface area contributed by atoms with Gasteiger partial charge >= 0.3 is 0 Å². The second-order valence-electron chi connectivity index (χ2n) is 5.83. The molecular formula is C19H22N2O2. The highest BCUT2D eigenvalue weighted by Crippen LogP contribution is 2.30. The monoisotopic (exact) mass is 310 g/mol. The minimum absolute atomic E-state index is 0.598. The second kappa shape index (κ2) is 6.42. The van der Waals surface area contributed by atoms with Gasteiger partial charge < -0.3 is 14.2 Å². The zero-order valence-corrected chi connectivity index (χ0v) is 13.8. The first-order chi connectivity index (χ1) is 11.1. The van der Waals surface area contributed by atoms with Crippen LogP contribution in [0.5, 0.6) is 5.75 Å². The summed E-state index contributed by atoms with van der Waals surface area (Å²) in [6.45, 7) is 6.61. The number of ether oxygens (including phenoxy) is 1. The number of rotatable bonds is 5. The molecule has 0 amide bonds. The molecule has 1 N–H and O–H groups in total. The minimum Gasteiger partial charge on any atom is -0.494 e. The SMILES string of the molecule is CCCOc1ccc(-c2nc3cc(C)ccn3c2C(C)O)cc1. The normalized spacial score (nSPS) is 12.5. The highest BCUT2D eigenvalue weighted by Gasteiger charge is 2.18. The van der Waals surface area contributed by atoms with Gasteiger partial charge in [0.05, 0.1) is 24.1 Å². The number of pyridine rings is 1. The summed E-state index contributed by atoms with van der Waals surface area (Å²) in [4.78, 5) is 4.72. The van der Waals surface area contributed by atoms with Crippen molar-refractivity contribution < 1.29 is 9.84 Å². The number of aliphatic hydroxyl groups is 1. The highest BCUT2D eigenvalue weighted by atomic mass is 16.5. The standard InChI is InChI=1S/C19H22N2O2/c1-4-11-23-16-7-5-15(6-8-16)18-19(14(3)22)21-10-9-13(2)12-17(21)20-18/h5-10,12,14,22H,4,11H2,1-3H3.